The van der Waals surface area contributed by atoms with Crippen LogP contribution in [0.1, 0.15) is 24.5 Å². The summed E-state index contributed by atoms with van der Waals surface area (Å²) in [4.78, 5) is 0. The molecule has 0 radical (unpaired) electrons. The second-order valence-electron chi connectivity index (χ2n) is 6.62. The van der Waals surface area contributed by atoms with Gasteiger partial charge >= 0.3 is 0 Å². The predicted octanol–water partition coefficient (Wildman–Crippen LogP) is 5.84. The van der Waals surface area contributed by atoms with Crippen LogP contribution >= 0.6 is 0 Å². The van der Waals surface area contributed by atoms with Crippen LogP contribution in [0.2, 0.25) is 0 Å². The summed E-state index contributed by atoms with van der Waals surface area (Å²) in [7, 11) is 0. The van der Waals surface area contributed by atoms with E-state index in [9.17, 15) is 0 Å². The number of hydrogen-bond acceptors (Lipinski definition) is 3. The molecule has 0 aliphatic carbocycles. The van der Waals surface area contributed by atoms with Crippen LogP contribution in [0.25, 0.3) is 0 Å². The van der Waals surface area contributed by atoms with E-state index in [1.54, 1.807) is 0 Å². The van der Waals surface area contributed by atoms with Crippen LogP contribution in [0.15, 0.2) is 78.9 Å². The molecule has 0 saturated carbocycles. The Morgan fingerprint density at radius 2 is 1.67 bits per heavy atom. The molecule has 3 rings (SSSR count). The number of ether oxygens (including phenoxy) is 2. The third-order valence-electron chi connectivity index (χ3n) is 4.39. The van der Waals surface area contributed by atoms with Crippen LogP contribution in [0.3, 0.4) is 0 Å². The normalized spacial score (nSPS) is 11.6. The molecule has 1 unspecified atom stereocenters. The lowest BCUT2D eigenvalue weighted by Crippen LogP contribution is -2.25. The van der Waals surface area contributed by atoms with Crippen molar-refractivity contribution in [2.75, 3.05) is 11.9 Å². The summed E-state index contributed by atoms with van der Waals surface area (Å²) in [5.41, 5.74) is 3.34. The average Bonchev–Trinajstić information content (AvgIpc) is 2.71. The van der Waals surface area contributed by atoms with E-state index in [-0.39, 0.29) is 6.10 Å². The Kier molecular flexibility index (Phi) is 6.75. The molecular weight excluding hydrogens is 334 g/mol. The van der Waals surface area contributed by atoms with Crippen LogP contribution < -0.4 is 14.8 Å². The topological polar surface area (TPSA) is 30.5 Å². The van der Waals surface area contributed by atoms with Crippen molar-refractivity contribution in [3.63, 3.8) is 0 Å². The van der Waals surface area contributed by atoms with Gasteiger partial charge in [-0.05, 0) is 48.7 Å². The fourth-order valence-electron chi connectivity index (χ4n) is 2.85. The summed E-state index contributed by atoms with van der Waals surface area (Å²) in [5.74, 6) is 1.77. The lowest BCUT2D eigenvalue weighted by molar-refractivity contribution is 0.209. The van der Waals surface area contributed by atoms with Gasteiger partial charge in [-0.1, -0.05) is 61.5 Å². The summed E-state index contributed by atoms with van der Waals surface area (Å²) in [6.45, 7) is 5.49. The van der Waals surface area contributed by atoms with Gasteiger partial charge in [-0.25, -0.2) is 0 Å². The van der Waals surface area contributed by atoms with E-state index in [4.69, 9.17) is 9.47 Å². The molecule has 3 heteroatoms. The van der Waals surface area contributed by atoms with Crippen molar-refractivity contribution >= 4 is 5.69 Å². The molecule has 27 heavy (non-hydrogen) atoms. The van der Waals surface area contributed by atoms with E-state index in [0.29, 0.717) is 6.61 Å². The minimum atomic E-state index is 0.0916. The molecular formula is C24H27NO2. The van der Waals surface area contributed by atoms with E-state index in [1.807, 2.05) is 54.6 Å². The van der Waals surface area contributed by atoms with Crippen LogP contribution in [0.4, 0.5) is 5.69 Å². The molecule has 0 aliphatic rings. The van der Waals surface area contributed by atoms with Crippen molar-refractivity contribution in [1.29, 1.82) is 0 Å². The second kappa shape index (κ2) is 9.67. The van der Waals surface area contributed by atoms with E-state index >= 15 is 0 Å². The smallest absolute Gasteiger partial charge is 0.142 e. The summed E-state index contributed by atoms with van der Waals surface area (Å²) in [6.07, 6.45) is 1.02. The first-order chi connectivity index (χ1) is 13.2. The SMILES string of the molecule is CCC(CNc1ccccc1OCc1ccccc1)Oc1cccc(C)c1. The summed E-state index contributed by atoms with van der Waals surface area (Å²) >= 11 is 0. The van der Waals surface area contributed by atoms with Crippen molar-refractivity contribution in [2.45, 2.75) is 33.0 Å². The van der Waals surface area contributed by atoms with E-state index in [2.05, 4.69) is 43.4 Å². The van der Waals surface area contributed by atoms with E-state index < -0.39 is 0 Å². The van der Waals surface area contributed by atoms with Crippen LogP contribution in [0, 0.1) is 6.92 Å². The van der Waals surface area contributed by atoms with Gasteiger partial charge in [0.05, 0.1) is 12.2 Å². The van der Waals surface area contributed by atoms with Crippen molar-refractivity contribution < 1.29 is 9.47 Å². The predicted molar refractivity (Wildman–Crippen MR) is 112 cm³/mol. The number of aryl methyl sites for hydroxylation is 1. The first kappa shape index (κ1) is 18.8. The fourth-order valence-corrected chi connectivity index (χ4v) is 2.85. The first-order valence-corrected chi connectivity index (χ1v) is 9.47. The quantitative estimate of drug-likeness (QED) is 0.519. The molecule has 1 N–H and O–H groups in total. The van der Waals surface area contributed by atoms with Gasteiger partial charge in [0.1, 0.15) is 24.2 Å². The van der Waals surface area contributed by atoms with Gasteiger partial charge in [0.15, 0.2) is 0 Å². The number of nitrogens with one attached hydrogen (secondary N) is 1. The lowest BCUT2D eigenvalue weighted by Gasteiger charge is -2.20. The molecule has 0 spiro atoms. The third-order valence-corrected chi connectivity index (χ3v) is 4.39. The molecule has 3 nitrogen and oxygen atoms in total. The molecule has 140 valence electrons. The summed E-state index contributed by atoms with van der Waals surface area (Å²) in [6, 6.07) is 26.4. The highest BCUT2D eigenvalue weighted by atomic mass is 16.5. The molecule has 0 bridgehead atoms. The molecule has 0 fully saturated rings. The Morgan fingerprint density at radius 3 is 2.44 bits per heavy atom. The Hall–Kier alpha value is -2.94. The molecule has 0 amide bonds. The number of para-hydroxylation sites is 2. The maximum absolute atomic E-state index is 6.13. The standard InChI is InChI=1S/C24H27NO2/c1-3-21(27-22-13-9-10-19(2)16-22)17-25-23-14-7-8-15-24(23)26-18-20-11-5-4-6-12-20/h4-16,21,25H,3,17-18H2,1-2H3. The summed E-state index contributed by atoms with van der Waals surface area (Å²) < 4.78 is 12.2. The van der Waals surface area contributed by atoms with Crippen LogP contribution in [0.5, 0.6) is 11.5 Å². The number of anilines is 1. The lowest BCUT2D eigenvalue weighted by atomic mass is 10.2. The van der Waals surface area contributed by atoms with Crippen LogP contribution in [-0.4, -0.2) is 12.6 Å². The van der Waals surface area contributed by atoms with E-state index in [1.165, 1.54) is 5.56 Å². The van der Waals surface area contributed by atoms with Gasteiger partial charge < -0.3 is 14.8 Å². The highest BCUT2D eigenvalue weighted by Crippen LogP contribution is 2.25. The zero-order valence-electron chi connectivity index (χ0n) is 16.0. The number of hydrogen-bond donors (Lipinski definition) is 1. The Morgan fingerprint density at radius 1 is 0.889 bits per heavy atom. The van der Waals surface area contributed by atoms with Gasteiger partial charge in [-0.15, -0.1) is 0 Å². The first-order valence-electron chi connectivity index (χ1n) is 9.47. The zero-order valence-corrected chi connectivity index (χ0v) is 16.0. The minimum Gasteiger partial charge on any atom is -0.489 e. The van der Waals surface area contributed by atoms with Gasteiger partial charge in [0, 0.05) is 0 Å². The molecule has 1 atom stereocenters. The molecule has 0 aromatic heterocycles. The van der Waals surface area contributed by atoms with Crippen molar-refractivity contribution in [3.8, 4) is 11.5 Å². The number of benzene rings is 3. The Labute approximate surface area is 162 Å². The Bertz CT molecular complexity index is 833. The summed E-state index contributed by atoms with van der Waals surface area (Å²) in [5, 5.41) is 3.49. The highest BCUT2D eigenvalue weighted by molar-refractivity contribution is 5.56. The van der Waals surface area contributed by atoms with Crippen molar-refractivity contribution in [3.05, 3.63) is 90.0 Å². The van der Waals surface area contributed by atoms with Crippen molar-refractivity contribution in [1.82, 2.24) is 0 Å². The number of rotatable bonds is 9. The molecule has 0 aliphatic heterocycles. The minimum absolute atomic E-state index is 0.0916. The van der Waals surface area contributed by atoms with Gasteiger partial charge in [0.2, 0.25) is 0 Å². The maximum Gasteiger partial charge on any atom is 0.142 e. The fraction of sp³-hybridized carbons (Fsp3) is 0.250. The monoisotopic (exact) mass is 361 g/mol. The van der Waals surface area contributed by atoms with Gasteiger partial charge in [0.25, 0.3) is 0 Å². The zero-order chi connectivity index (χ0) is 18.9. The molecule has 3 aromatic rings. The maximum atomic E-state index is 6.13. The molecule has 0 heterocycles. The van der Waals surface area contributed by atoms with Gasteiger partial charge in [-0.2, -0.15) is 0 Å². The average molecular weight is 361 g/mol. The molecule has 0 saturated heterocycles. The second-order valence-corrected chi connectivity index (χ2v) is 6.62. The van der Waals surface area contributed by atoms with E-state index in [0.717, 1.165) is 35.7 Å². The molecule has 3 aromatic carbocycles. The van der Waals surface area contributed by atoms with Crippen molar-refractivity contribution in [2.24, 2.45) is 0 Å². The highest BCUT2D eigenvalue weighted by Gasteiger charge is 2.10. The largest absolute Gasteiger partial charge is 0.489 e. The third kappa shape index (κ3) is 5.78. The Balaban J connectivity index is 1.59. The van der Waals surface area contributed by atoms with Crippen LogP contribution in [-0.2, 0) is 6.61 Å². The van der Waals surface area contributed by atoms with Gasteiger partial charge in [-0.3, -0.25) is 0 Å².